The molecule has 4 heterocycles. The average molecular weight is 524 g/mol. The van der Waals surface area contributed by atoms with Crippen LogP contribution in [0.4, 0.5) is 19.0 Å². The summed E-state index contributed by atoms with van der Waals surface area (Å²) in [6, 6.07) is 4.05. The van der Waals surface area contributed by atoms with E-state index < -0.39 is 21.8 Å². The van der Waals surface area contributed by atoms with Gasteiger partial charge in [-0.25, -0.2) is 28.1 Å². The van der Waals surface area contributed by atoms with Crippen LogP contribution in [0.15, 0.2) is 36.8 Å². The third-order valence-electron chi connectivity index (χ3n) is 6.89. The van der Waals surface area contributed by atoms with Gasteiger partial charge in [0.05, 0.1) is 18.0 Å². The minimum atomic E-state index is -4.49. The molecule has 3 aromatic heterocycles. The summed E-state index contributed by atoms with van der Waals surface area (Å²) in [5.41, 5.74) is -0.0736. The Morgan fingerprint density at radius 1 is 1.14 bits per heavy atom. The number of fused-ring (bicyclic) bond motifs is 1. The van der Waals surface area contributed by atoms with Crippen molar-refractivity contribution < 1.29 is 21.6 Å². The van der Waals surface area contributed by atoms with E-state index in [0.717, 1.165) is 37.9 Å². The number of rotatable bonds is 6. The van der Waals surface area contributed by atoms with Crippen molar-refractivity contribution in [2.45, 2.75) is 57.0 Å². The van der Waals surface area contributed by atoms with Crippen LogP contribution in [0.2, 0.25) is 0 Å². The molecule has 0 unspecified atom stereocenters. The third kappa shape index (κ3) is 4.91. The molecule has 0 aromatic carbocycles. The molecule has 0 amide bonds. The number of nitrogens with zero attached hydrogens (tertiary/aromatic N) is 6. The van der Waals surface area contributed by atoms with Crippen molar-refractivity contribution in [1.29, 1.82) is 0 Å². The molecule has 3 atom stereocenters. The summed E-state index contributed by atoms with van der Waals surface area (Å²) >= 11 is 0. The van der Waals surface area contributed by atoms with Gasteiger partial charge in [0.2, 0.25) is 10.0 Å². The fraction of sp³-hybridized carbons (Fsp3) is 0.522. The summed E-state index contributed by atoms with van der Waals surface area (Å²) in [4.78, 5) is 17.7. The standard InChI is InChI=1S/C23H28F3N7O2S/c1-14(30-36(3,34)35)21-15(2)31(10-11-32(21)17-5-6-17)20-8-9-27-22(29-20)18-12-28-19-7-4-16(13-33(18)19)23(24,25)26/h4,7-9,12-15,17,21,30H,5-6,10-11H2,1-3H3/t14-,15+,21-/m0/s1. The van der Waals surface area contributed by atoms with Gasteiger partial charge in [0.25, 0.3) is 0 Å². The lowest BCUT2D eigenvalue weighted by atomic mass is 9.96. The first-order valence-electron chi connectivity index (χ1n) is 11.8. The Hall–Kier alpha value is -2.77. The summed E-state index contributed by atoms with van der Waals surface area (Å²) < 4.78 is 67.9. The number of pyridine rings is 1. The number of anilines is 1. The molecule has 1 aliphatic carbocycles. The van der Waals surface area contributed by atoms with Gasteiger partial charge in [-0.3, -0.25) is 9.30 Å². The van der Waals surface area contributed by atoms with Crippen LogP contribution in [0, 0.1) is 0 Å². The van der Waals surface area contributed by atoms with Gasteiger partial charge >= 0.3 is 6.18 Å². The molecule has 1 aliphatic heterocycles. The molecule has 194 valence electrons. The number of halogens is 3. The SMILES string of the molecule is C[C@H](NS(C)(=O)=O)[C@H]1[C@@H](C)N(c2ccnc(-c3cnc4ccc(C(F)(F)F)cn34)n2)CCN1C1CC1. The van der Waals surface area contributed by atoms with Gasteiger partial charge in [-0.1, -0.05) is 0 Å². The quantitative estimate of drug-likeness (QED) is 0.531. The lowest BCUT2D eigenvalue weighted by Gasteiger charge is -2.49. The summed E-state index contributed by atoms with van der Waals surface area (Å²) in [5, 5.41) is 0. The molecule has 3 aromatic rings. The normalized spacial score (nSPS) is 22.8. The maximum atomic E-state index is 13.3. The molecule has 1 saturated heterocycles. The Kier molecular flexibility index (Phi) is 6.20. The van der Waals surface area contributed by atoms with Gasteiger partial charge in [-0.2, -0.15) is 13.2 Å². The zero-order chi connectivity index (χ0) is 25.8. The number of hydrogen-bond acceptors (Lipinski definition) is 7. The molecule has 13 heteroatoms. The highest BCUT2D eigenvalue weighted by Gasteiger charge is 2.44. The highest BCUT2D eigenvalue weighted by molar-refractivity contribution is 7.88. The average Bonchev–Trinajstić information content (AvgIpc) is 3.55. The third-order valence-corrected chi connectivity index (χ3v) is 7.69. The molecule has 9 nitrogen and oxygen atoms in total. The zero-order valence-electron chi connectivity index (χ0n) is 20.1. The maximum Gasteiger partial charge on any atom is 0.417 e. The zero-order valence-corrected chi connectivity index (χ0v) is 21.0. The highest BCUT2D eigenvalue weighted by Crippen LogP contribution is 2.35. The van der Waals surface area contributed by atoms with Crippen molar-refractivity contribution in [3.63, 3.8) is 0 Å². The highest BCUT2D eigenvalue weighted by atomic mass is 32.2. The van der Waals surface area contributed by atoms with Gasteiger partial charge in [-0.05, 0) is 44.9 Å². The molecule has 1 saturated carbocycles. The molecule has 2 fully saturated rings. The number of piperazine rings is 1. The van der Waals surface area contributed by atoms with Crippen LogP contribution in [-0.4, -0.2) is 76.2 Å². The van der Waals surface area contributed by atoms with E-state index in [9.17, 15) is 21.6 Å². The Morgan fingerprint density at radius 2 is 1.89 bits per heavy atom. The predicted octanol–water partition coefficient (Wildman–Crippen LogP) is 2.79. The molecule has 1 N–H and O–H groups in total. The van der Waals surface area contributed by atoms with Crippen LogP contribution in [-0.2, 0) is 16.2 Å². The van der Waals surface area contributed by atoms with E-state index in [1.165, 1.54) is 16.7 Å². The topological polar surface area (TPSA) is 95.7 Å². The van der Waals surface area contributed by atoms with E-state index in [1.807, 2.05) is 13.8 Å². The van der Waals surface area contributed by atoms with E-state index in [2.05, 4.69) is 24.5 Å². The number of aromatic nitrogens is 4. The van der Waals surface area contributed by atoms with E-state index >= 15 is 0 Å². The van der Waals surface area contributed by atoms with E-state index in [4.69, 9.17) is 4.98 Å². The fourth-order valence-electron chi connectivity index (χ4n) is 5.25. The first kappa shape index (κ1) is 24.9. The second kappa shape index (κ2) is 8.96. The largest absolute Gasteiger partial charge is 0.417 e. The molecule has 2 aliphatic rings. The second-order valence-electron chi connectivity index (χ2n) is 9.60. The Bertz CT molecular complexity index is 1370. The van der Waals surface area contributed by atoms with E-state index in [1.54, 1.807) is 12.3 Å². The summed E-state index contributed by atoms with van der Waals surface area (Å²) in [6.45, 7) is 5.36. The van der Waals surface area contributed by atoms with Crippen LogP contribution in [0.3, 0.4) is 0 Å². The van der Waals surface area contributed by atoms with Crippen LogP contribution in [0.25, 0.3) is 17.2 Å². The molecular formula is C23H28F3N7O2S. The molecular weight excluding hydrogens is 495 g/mol. The fourth-order valence-corrected chi connectivity index (χ4v) is 6.07. The smallest absolute Gasteiger partial charge is 0.351 e. The number of nitrogens with one attached hydrogen (secondary N) is 1. The van der Waals surface area contributed by atoms with Gasteiger partial charge in [0.1, 0.15) is 17.2 Å². The van der Waals surface area contributed by atoms with Gasteiger partial charge in [0.15, 0.2) is 5.82 Å². The molecule has 5 rings (SSSR count). The summed E-state index contributed by atoms with van der Waals surface area (Å²) in [6.07, 6.45) is 2.91. The van der Waals surface area contributed by atoms with Gasteiger partial charge in [0, 0.05) is 49.7 Å². The lowest BCUT2D eigenvalue weighted by Crippen LogP contribution is -2.65. The van der Waals surface area contributed by atoms with Gasteiger partial charge in [-0.15, -0.1) is 0 Å². The van der Waals surface area contributed by atoms with Crippen LogP contribution in [0.5, 0.6) is 0 Å². The number of imidazole rings is 1. The van der Waals surface area contributed by atoms with Gasteiger partial charge < -0.3 is 4.90 Å². The first-order chi connectivity index (χ1) is 16.9. The van der Waals surface area contributed by atoms with E-state index in [0.29, 0.717) is 29.7 Å². The van der Waals surface area contributed by atoms with Crippen LogP contribution in [0.1, 0.15) is 32.3 Å². The monoisotopic (exact) mass is 523 g/mol. The maximum absolute atomic E-state index is 13.3. The van der Waals surface area contributed by atoms with Crippen LogP contribution >= 0.6 is 0 Å². The molecule has 0 radical (unpaired) electrons. The Morgan fingerprint density at radius 3 is 2.56 bits per heavy atom. The van der Waals surface area contributed by atoms with Crippen molar-refractivity contribution >= 4 is 21.5 Å². The van der Waals surface area contributed by atoms with Crippen molar-refractivity contribution in [3.8, 4) is 11.5 Å². The molecule has 0 bridgehead atoms. The number of sulfonamides is 1. The van der Waals surface area contributed by atoms with E-state index in [-0.39, 0.29) is 23.9 Å². The van der Waals surface area contributed by atoms with Crippen molar-refractivity contribution in [3.05, 3.63) is 42.4 Å². The Balaban J connectivity index is 1.48. The van der Waals surface area contributed by atoms with Crippen LogP contribution < -0.4 is 9.62 Å². The molecule has 0 spiro atoms. The lowest BCUT2D eigenvalue weighted by molar-refractivity contribution is -0.137. The van der Waals surface area contributed by atoms with Crippen molar-refractivity contribution in [1.82, 2.24) is 29.0 Å². The number of alkyl halides is 3. The predicted molar refractivity (Wildman–Crippen MR) is 129 cm³/mol. The molecule has 36 heavy (non-hydrogen) atoms. The summed E-state index contributed by atoms with van der Waals surface area (Å²) in [7, 11) is -3.39. The van der Waals surface area contributed by atoms with Crippen molar-refractivity contribution in [2.24, 2.45) is 0 Å². The second-order valence-corrected chi connectivity index (χ2v) is 11.4. The minimum Gasteiger partial charge on any atom is -0.351 e. The number of hydrogen-bond donors (Lipinski definition) is 1. The first-order valence-corrected chi connectivity index (χ1v) is 13.7. The minimum absolute atomic E-state index is 0.0784. The van der Waals surface area contributed by atoms with Crippen molar-refractivity contribution in [2.75, 3.05) is 24.2 Å². The summed E-state index contributed by atoms with van der Waals surface area (Å²) in [5.74, 6) is 0.886. The Labute approximate surface area is 207 Å².